The van der Waals surface area contributed by atoms with E-state index in [1.54, 1.807) is 0 Å². The van der Waals surface area contributed by atoms with Crippen molar-refractivity contribution >= 4 is 23.3 Å². The van der Waals surface area contributed by atoms with E-state index in [4.69, 9.17) is 31.9 Å². The van der Waals surface area contributed by atoms with Gasteiger partial charge < -0.3 is 20.3 Å². The maximum atomic E-state index is 10.7. The number of ether oxygens (including phenoxy) is 2. The van der Waals surface area contributed by atoms with E-state index in [2.05, 4.69) is 9.97 Å². The first-order valence-corrected chi connectivity index (χ1v) is 4.62. The molecule has 3 N–H and O–H groups in total. The summed E-state index contributed by atoms with van der Waals surface area (Å²) in [6, 6.07) is 0. The van der Waals surface area contributed by atoms with Gasteiger partial charge in [-0.3, -0.25) is 0 Å². The quantitative estimate of drug-likeness (QED) is 0.574. The smallest absolute Gasteiger partial charge is 0.356 e. The predicted molar refractivity (Wildman–Crippen MR) is 55.8 cm³/mol. The minimum Gasteiger partial charge on any atom is -0.476 e. The van der Waals surface area contributed by atoms with Crippen molar-refractivity contribution in [3.63, 3.8) is 0 Å². The van der Waals surface area contributed by atoms with Crippen molar-refractivity contribution in [2.75, 3.05) is 26.1 Å². The Morgan fingerprint density at radius 3 is 2.75 bits per heavy atom. The number of nitrogens with two attached hydrogens (primary N) is 1. The van der Waals surface area contributed by atoms with Crippen LogP contribution in [0.4, 0.5) is 5.69 Å². The average molecular weight is 248 g/mol. The van der Waals surface area contributed by atoms with Gasteiger partial charge in [0.15, 0.2) is 5.69 Å². The molecule has 0 saturated carbocycles. The summed E-state index contributed by atoms with van der Waals surface area (Å²) in [6.07, 6.45) is 0. The fraction of sp³-hybridized carbons (Fsp3) is 0.375. The molecule has 0 saturated heterocycles. The molecule has 0 atom stereocenters. The van der Waals surface area contributed by atoms with Crippen molar-refractivity contribution < 1.29 is 19.4 Å². The molecule has 0 aromatic carbocycles. The molecular formula is C8H10ClN3O4. The van der Waals surface area contributed by atoms with Crippen LogP contribution in [0.1, 0.15) is 10.5 Å². The van der Waals surface area contributed by atoms with Crippen molar-refractivity contribution in [3.8, 4) is 5.88 Å². The van der Waals surface area contributed by atoms with Crippen LogP contribution < -0.4 is 10.5 Å². The summed E-state index contributed by atoms with van der Waals surface area (Å²) in [6.45, 7) is 0.510. The number of carboxylic acids is 1. The number of nitrogen functional groups attached to an aromatic ring is 1. The lowest BCUT2D eigenvalue weighted by Crippen LogP contribution is -2.12. The molecule has 1 heterocycles. The molecule has 0 unspecified atom stereocenters. The largest absolute Gasteiger partial charge is 0.476 e. The minimum absolute atomic E-state index is 0.0607. The second-order valence-electron chi connectivity index (χ2n) is 2.71. The third-order valence-electron chi connectivity index (χ3n) is 1.61. The SMILES string of the molecule is COCCOc1nc(Cl)nc(C(=O)O)c1N. The number of nitrogens with zero attached hydrogens (tertiary/aromatic N) is 2. The highest BCUT2D eigenvalue weighted by atomic mass is 35.5. The molecule has 1 aromatic rings. The van der Waals surface area contributed by atoms with E-state index >= 15 is 0 Å². The number of rotatable bonds is 5. The van der Waals surface area contributed by atoms with Crippen LogP contribution in [0.15, 0.2) is 0 Å². The van der Waals surface area contributed by atoms with Gasteiger partial charge in [-0.2, -0.15) is 4.98 Å². The van der Waals surface area contributed by atoms with Crippen molar-refractivity contribution in [1.82, 2.24) is 9.97 Å². The number of methoxy groups -OCH3 is 1. The summed E-state index contributed by atoms with van der Waals surface area (Å²) >= 11 is 5.53. The lowest BCUT2D eigenvalue weighted by atomic mass is 10.3. The number of hydrogen-bond acceptors (Lipinski definition) is 6. The number of aromatic nitrogens is 2. The molecule has 0 fully saturated rings. The highest BCUT2D eigenvalue weighted by Gasteiger charge is 2.17. The van der Waals surface area contributed by atoms with Gasteiger partial charge in [0.05, 0.1) is 6.61 Å². The Hall–Kier alpha value is -1.60. The second kappa shape index (κ2) is 5.47. The highest BCUT2D eigenvalue weighted by molar-refractivity contribution is 6.28. The Morgan fingerprint density at radius 2 is 2.19 bits per heavy atom. The first kappa shape index (κ1) is 12.5. The van der Waals surface area contributed by atoms with Crippen molar-refractivity contribution in [3.05, 3.63) is 11.0 Å². The number of carbonyl (C=O) groups is 1. The van der Waals surface area contributed by atoms with E-state index in [0.717, 1.165) is 0 Å². The molecule has 0 radical (unpaired) electrons. The molecule has 88 valence electrons. The Bertz CT molecular complexity index is 399. The van der Waals surface area contributed by atoms with E-state index in [1.165, 1.54) is 7.11 Å². The van der Waals surface area contributed by atoms with Gasteiger partial charge in [0.2, 0.25) is 11.2 Å². The molecule has 0 aliphatic heterocycles. The van der Waals surface area contributed by atoms with Crippen LogP contribution >= 0.6 is 11.6 Å². The number of aromatic carboxylic acids is 1. The number of hydrogen-bond donors (Lipinski definition) is 2. The Kier molecular flexibility index (Phi) is 4.27. The molecule has 16 heavy (non-hydrogen) atoms. The summed E-state index contributed by atoms with van der Waals surface area (Å²) in [4.78, 5) is 17.9. The summed E-state index contributed by atoms with van der Waals surface area (Å²) in [5, 5.41) is 8.54. The zero-order valence-corrected chi connectivity index (χ0v) is 9.19. The van der Waals surface area contributed by atoms with Gasteiger partial charge in [0.1, 0.15) is 12.3 Å². The van der Waals surface area contributed by atoms with Crippen LogP contribution in [0.3, 0.4) is 0 Å². The molecule has 0 aliphatic rings. The average Bonchev–Trinajstić information content (AvgIpc) is 2.22. The maximum absolute atomic E-state index is 10.7. The summed E-state index contributed by atoms with van der Waals surface area (Å²) < 4.78 is 9.85. The number of anilines is 1. The van der Waals surface area contributed by atoms with Crippen LogP contribution in [0.25, 0.3) is 0 Å². The molecule has 0 amide bonds. The first-order valence-electron chi connectivity index (χ1n) is 4.24. The maximum Gasteiger partial charge on any atom is 0.356 e. The second-order valence-corrected chi connectivity index (χ2v) is 3.04. The first-order chi connectivity index (χ1) is 7.56. The van der Waals surface area contributed by atoms with Gasteiger partial charge in [-0.05, 0) is 11.6 Å². The van der Waals surface area contributed by atoms with Crippen molar-refractivity contribution in [2.45, 2.75) is 0 Å². The minimum atomic E-state index is -1.29. The van der Waals surface area contributed by atoms with E-state index in [0.29, 0.717) is 6.61 Å². The van der Waals surface area contributed by atoms with E-state index in [1.807, 2.05) is 0 Å². The molecule has 1 aromatic heterocycles. The van der Waals surface area contributed by atoms with Crippen LogP contribution in [0.5, 0.6) is 5.88 Å². The standard InChI is InChI=1S/C8H10ClN3O4/c1-15-2-3-16-6-4(10)5(7(13)14)11-8(9)12-6/h2-3,10H2,1H3,(H,13,14). The molecule has 0 bridgehead atoms. The van der Waals surface area contributed by atoms with Crippen LogP contribution in [0, 0.1) is 0 Å². The van der Waals surface area contributed by atoms with Crippen molar-refractivity contribution in [1.29, 1.82) is 0 Å². The lowest BCUT2D eigenvalue weighted by molar-refractivity contribution is 0.0690. The van der Waals surface area contributed by atoms with Gasteiger partial charge in [0, 0.05) is 7.11 Å². The van der Waals surface area contributed by atoms with Gasteiger partial charge in [-0.1, -0.05) is 0 Å². The Labute approximate surface area is 96.2 Å². The van der Waals surface area contributed by atoms with E-state index < -0.39 is 5.97 Å². The van der Waals surface area contributed by atoms with Crippen LogP contribution in [-0.4, -0.2) is 41.4 Å². The zero-order chi connectivity index (χ0) is 12.1. The summed E-state index contributed by atoms with van der Waals surface area (Å²) in [5.74, 6) is -1.35. The fourth-order valence-corrected chi connectivity index (χ4v) is 1.08. The molecule has 7 nitrogen and oxygen atoms in total. The molecule has 1 rings (SSSR count). The van der Waals surface area contributed by atoms with Crippen molar-refractivity contribution in [2.24, 2.45) is 0 Å². The Balaban J connectivity index is 2.95. The third-order valence-corrected chi connectivity index (χ3v) is 1.78. The van der Waals surface area contributed by atoms with Gasteiger partial charge in [0.25, 0.3) is 0 Å². The van der Waals surface area contributed by atoms with Gasteiger partial charge >= 0.3 is 5.97 Å². The Morgan fingerprint density at radius 1 is 1.50 bits per heavy atom. The highest BCUT2D eigenvalue weighted by Crippen LogP contribution is 2.23. The van der Waals surface area contributed by atoms with E-state index in [9.17, 15) is 4.79 Å². The number of carboxylic acid groups (broad SMARTS) is 1. The summed E-state index contributed by atoms with van der Waals surface area (Å²) in [7, 11) is 1.50. The molecule has 8 heteroatoms. The zero-order valence-electron chi connectivity index (χ0n) is 8.44. The topological polar surface area (TPSA) is 108 Å². The number of halogens is 1. The van der Waals surface area contributed by atoms with Crippen LogP contribution in [0.2, 0.25) is 5.28 Å². The predicted octanol–water partition coefficient (Wildman–Crippen LogP) is 0.436. The van der Waals surface area contributed by atoms with E-state index in [-0.39, 0.29) is 29.2 Å². The van der Waals surface area contributed by atoms with Crippen LogP contribution in [-0.2, 0) is 4.74 Å². The monoisotopic (exact) mass is 247 g/mol. The molecule has 0 aliphatic carbocycles. The third kappa shape index (κ3) is 2.94. The van der Waals surface area contributed by atoms with Gasteiger partial charge in [-0.15, -0.1) is 0 Å². The summed E-state index contributed by atoms with van der Waals surface area (Å²) in [5.41, 5.74) is 4.96. The van der Waals surface area contributed by atoms with Gasteiger partial charge in [-0.25, -0.2) is 9.78 Å². The lowest BCUT2D eigenvalue weighted by Gasteiger charge is -2.08. The molecule has 0 spiro atoms. The normalized spacial score (nSPS) is 10.1. The molecular weight excluding hydrogens is 238 g/mol. The fourth-order valence-electron chi connectivity index (χ4n) is 0.918.